The molecule has 0 aromatic heterocycles. The molecule has 1 unspecified atom stereocenters. The number of nitrogens with zero attached hydrogens (tertiary/aromatic N) is 1. The van der Waals surface area contributed by atoms with E-state index in [4.69, 9.17) is 14.2 Å². The number of carbonyl (C=O) groups excluding carboxylic acids is 1. The van der Waals surface area contributed by atoms with Crippen LogP contribution < -0.4 is 14.8 Å². The van der Waals surface area contributed by atoms with Gasteiger partial charge >= 0.3 is 0 Å². The smallest absolute Gasteiger partial charge is 0.220 e. The summed E-state index contributed by atoms with van der Waals surface area (Å²) in [6.07, 6.45) is 6.38. The highest BCUT2D eigenvalue weighted by molar-refractivity contribution is 5.75. The van der Waals surface area contributed by atoms with Crippen LogP contribution in [0.5, 0.6) is 11.5 Å². The van der Waals surface area contributed by atoms with Crippen LogP contribution in [0.2, 0.25) is 0 Å². The zero-order chi connectivity index (χ0) is 20.2. The molecular formula is C22H36N2O4. The number of amides is 1. The Labute approximate surface area is 169 Å². The van der Waals surface area contributed by atoms with E-state index in [-0.39, 0.29) is 11.9 Å². The van der Waals surface area contributed by atoms with Gasteiger partial charge < -0.3 is 19.5 Å². The Morgan fingerprint density at radius 2 is 1.82 bits per heavy atom. The minimum atomic E-state index is 0.0905. The Bertz CT molecular complexity index is 588. The van der Waals surface area contributed by atoms with Crippen LogP contribution in [0.1, 0.15) is 57.1 Å². The molecule has 1 amide bonds. The third kappa shape index (κ3) is 6.99. The van der Waals surface area contributed by atoms with Crippen molar-refractivity contribution in [2.75, 3.05) is 47.1 Å². The maximum atomic E-state index is 12.3. The first-order valence-electron chi connectivity index (χ1n) is 10.5. The third-order valence-electron chi connectivity index (χ3n) is 5.28. The summed E-state index contributed by atoms with van der Waals surface area (Å²) in [4.78, 5) is 14.7. The topological polar surface area (TPSA) is 60.0 Å². The van der Waals surface area contributed by atoms with Gasteiger partial charge in [0, 0.05) is 26.1 Å². The molecule has 6 heteroatoms. The van der Waals surface area contributed by atoms with E-state index in [2.05, 4.69) is 23.2 Å². The van der Waals surface area contributed by atoms with E-state index in [1.807, 2.05) is 12.1 Å². The molecule has 2 rings (SSSR count). The van der Waals surface area contributed by atoms with Crippen molar-refractivity contribution in [3.05, 3.63) is 23.8 Å². The van der Waals surface area contributed by atoms with Gasteiger partial charge in [0.05, 0.1) is 33.5 Å². The molecule has 0 radical (unpaired) electrons. The fourth-order valence-corrected chi connectivity index (χ4v) is 3.60. The maximum Gasteiger partial charge on any atom is 0.220 e. The van der Waals surface area contributed by atoms with Gasteiger partial charge in [-0.25, -0.2) is 0 Å². The van der Waals surface area contributed by atoms with Gasteiger partial charge in [-0.1, -0.05) is 38.7 Å². The molecule has 0 spiro atoms. The zero-order valence-electron chi connectivity index (χ0n) is 17.7. The average molecular weight is 393 g/mol. The van der Waals surface area contributed by atoms with Crippen LogP contribution in [-0.2, 0) is 9.53 Å². The molecule has 6 nitrogen and oxygen atoms in total. The number of rotatable bonds is 12. The Hall–Kier alpha value is -1.79. The summed E-state index contributed by atoms with van der Waals surface area (Å²) >= 11 is 0. The lowest BCUT2D eigenvalue weighted by Crippen LogP contribution is -2.43. The highest BCUT2D eigenvalue weighted by Gasteiger charge is 2.24. The molecule has 0 aliphatic carbocycles. The lowest BCUT2D eigenvalue weighted by atomic mass is 10.0. The predicted octanol–water partition coefficient (Wildman–Crippen LogP) is 3.55. The Morgan fingerprint density at radius 1 is 1.11 bits per heavy atom. The van der Waals surface area contributed by atoms with Crippen molar-refractivity contribution in [3.63, 3.8) is 0 Å². The molecule has 1 aromatic carbocycles. The molecular weight excluding hydrogens is 356 g/mol. The number of hydrogen-bond acceptors (Lipinski definition) is 5. The van der Waals surface area contributed by atoms with E-state index >= 15 is 0 Å². The first-order valence-corrected chi connectivity index (χ1v) is 10.5. The van der Waals surface area contributed by atoms with Gasteiger partial charge in [0.2, 0.25) is 5.91 Å². The lowest BCUT2D eigenvalue weighted by molar-refractivity contribution is -0.121. The Morgan fingerprint density at radius 3 is 2.50 bits per heavy atom. The van der Waals surface area contributed by atoms with Crippen molar-refractivity contribution in [2.24, 2.45) is 0 Å². The van der Waals surface area contributed by atoms with Crippen LogP contribution in [0.25, 0.3) is 0 Å². The second-order valence-corrected chi connectivity index (χ2v) is 7.25. The molecule has 0 bridgehead atoms. The van der Waals surface area contributed by atoms with Crippen molar-refractivity contribution in [1.82, 2.24) is 10.2 Å². The molecule has 28 heavy (non-hydrogen) atoms. The number of ether oxygens (including phenoxy) is 3. The summed E-state index contributed by atoms with van der Waals surface area (Å²) in [5.41, 5.74) is 1.11. The second-order valence-electron chi connectivity index (χ2n) is 7.25. The number of hydrogen-bond donors (Lipinski definition) is 1. The van der Waals surface area contributed by atoms with Gasteiger partial charge in [-0.2, -0.15) is 0 Å². The van der Waals surface area contributed by atoms with Gasteiger partial charge in [-0.3, -0.25) is 9.69 Å². The maximum absolute atomic E-state index is 12.3. The van der Waals surface area contributed by atoms with E-state index in [1.54, 1.807) is 14.2 Å². The van der Waals surface area contributed by atoms with Crippen LogP contribution >= 0.6 is 0 Å². The number of unbranched alkanes of at least 4 members (excludes halogenated alkanes) is 4. The number of carbonyl (C=O) groups is 1. The predicted molar refractivity (Wildman–Crippen MR) is 111 cm³/mol. The number of nitrogens with one attached hydrogen (secondary N) is 1. The highest BCUT2D eigenvalue weighted by atomic mass is 16.5. The first kappa shape index (κ1) is 22.5. The summed E-state index contributed by atoms with van der Waals surface area (Å²) in [5, 5.41) is 3.14. The minimum Gasteiger partial charge on any atom is -0.493 e. The van der Waals surface area contributed by atoms with Crippen molar-refractivity contribution < 1.29 is 19.0 Å². The van der Waals surface area contributed by atoms with E-state index in [0.29, 0.717) is 24.5 Å². The molecule has 1 atom stereocenters. The Kier molecular flexibility index (Phi) is 10.1. The van der Waals surface area contributed by atoms with E-state index in [9.17, 15) is 4.79 Å². The van der Waals surface area contributed by atoms with Crippen molar-refractivity contribution in [2.45, 2.75) is 51.5 Å². The number of methoxy groups -OCH3 is 2. The van der Waals surface area contributed by atoms with Gasteiger partial charge in [-0.15, -0.1) is 0 Å². The zero-order valence-corrected chi connectivity index (χ0v) is 17.7. The second kappa shape index (κ2) is 12.6. The summed E-state index contributed by atoms with van der Waals surface area (Å²) in [7, 11) is 3.28. The van der Waals surface area contributed by atoms with Gasteiger partial charge in [0.15, 0.2) is 11.5 Å². The molecule has 1 fully saturated rings. The average Bonchev–Trinajstić information content (AvgIpc) is 2.74. The summed E-state index contributed by atoms with van der Waals surface area (Å²) in [5.74, 6) is 1.55. The van der Waals surface area contributed by atoms with Crippen molar-refractivity contribution >= 4 is 5.91 Å². The molecule has 1 aromatic rings. The summed E-state index contributed by atoms with van der Waals surface area (Å²) < 4.78 is 16.3. The van der Waals surface area contributed by atoms with E-state index in [1.165, 1.54) is 19.3 Å². The van der Waals surface area contributed by atoms with Crippen LogP contribution in [0.4, 0.5) is 0 Å². The fourth-order valence-electron chi connectivity index (χ4n) is 3.60. The normalized spacial score (nSPS) is 15.8. The van der Waals surface area contributed by atoms with Gasteiger partial charge in [-0.05, 0) is 24.1 Å². The summed E-state index contributed by atoms with van der Waals surface area (Å²) in [6.45, 7) is 5.93. The standard InChI is InChI=1S/C22H36N2O4/c1-4-5-6-7-8-9-22(25)23-17-19(24-12-14-28-15-13-24)18-10-11-20(26-2)21(16-18)27-3/h10-11,16,19H,4-9,12-15,17H2,1-3H3,(H,23,25). The van der Waals surface area contributed by atoms with Crippen LogP contribution in [0.15, 0.2) is 18.2 Å². The fraction of sp³-hybridized carbons (Fsp3) is 0.682. The minimum absolute atomic E-state index is 0.0905. The monoisotopic (exact) mass is 392 g/mol. The quantitative estimate of drug-likeness (QED) is 0.551. The van der Waals surface area contributed by atoms with Crippen LogP contribution in [0, 0.1) is 0 Å². The highest BCUT2D eigenvalue weighted by Crippen LogP contribution is 2.32. The van der Waals surface area contributed by atoms with Crippen LogP contribution in [-0.4, -0.2) is 57.9 Å². The molecule has 0 saturated carbocycles. The summed E-state index contributed by atoms with van der Waals surface area (Å²) in [6, 6.07) is 6.08. The number of morpholine rings is 1. The molecule has 1 aliphatic heterocycles. The van der Waals surface area contributed by atoms with Crippen molar-refractivity contribution in [1.29, 1.82) is 0 Å². The molecule has 1 aliphatic rings. The van der Waals surface area contributed by atoms with Crippen molar-refractivity contribution in [3.8, 4) is 11.5 Å². The molecule has 158 valence electrons. The van der Waals surface area contributed by atoms with Crippen LogP contribution in [0.3, 0.4) is 0 Å². The third-order valence-corrected chi connectivity index (χ3v) is 5.28. The van der Waals surface area contributed by atoms with Gasteiger partial charge in [0.25, 0.3) is 0 Å². The largest absolute Gasteiger partial charge is 0.493 e. The van der Waals surface area contributed by atoms with Gasteiger partial charge in [0.1, 0.15) is 0 Å². The Balaban J connectivity index is 1.99. The molecule has 1 heterocycles. The molecule has 1 saturated heterocycles. The van der Waals surface area contributed by atoms with E-state index in [0.717, 1.165) is 44.7 Å². The van der Waals surface area contributed by atoms with E-state index < -0.39 is 0 Å². The first-order chi connectivity index (χ1) is 13.7. The lowest BCUT2D eigenvalue weighted by Gasteiger charge is -2.35. The number of benzene rings is 1. The molecule has 1 N–H and O–H groups in total. The SMILES string of the molecule is CCCCCCCC(=O)NCC(c1ccc(OC)c(OC)c1)N1CCOCC1.